The minimum Gasteiger partial charge on any atom is -0.496 e. The lowest BCUT2D eigenvalue weighted by Gasteiger charge is -2.05. The number of benzene rings is 1. The largest absolute Gasteiger partial charge is 0.496 e. The van der Waals surface area contributed by atoms with E-state index in [2.05, 4.69) is 15.9 Å². The summed E-state index contributed by atoms with van der Waals surface area (Å²) in [4.78, 5) is 0. The van der Waals surface area contributed by atoms with Gasteiger partial charge in [0.05, 0.1) is 17.3 Å². The minimum absolute atomic E-state index is 0.0622. The summed E-state index contributed by atoms with van der Waals surface area (Å²) in [6.45, 7) is 0. The highest BCUT2D eigenvalue weighted by molar-refractivity contribution is 9.10. The smallest absolute Gasteiger partial charge is 0.232 e. The van der Waals surface area contributed by atoms with Gasteiger partial charge in [-0.2, -0.15) is 0 Å². The molecule has 0 spiro atoms. The quantitative estimate of drug-likeness (QED) is 0.802. The molecule has 0 aromatic heterocycles. The van der Waals surface area contributed by atoms with Gasteiger partial charge in [-0.15, -0.1) is 0 Å². The molecule has 0 heterocycles. The average molecular weight is 314 g/mol. The Morgan fingerprint density at radius 2 is 2.13 bits per heavy atom. The highest BCUT2D eigenvalue weighted by Gasteiger charge is 2.07. The van der Waals surface area contributed by atoms with E-state index in [4.69, 9.17) is 15.4 Å². The van der Waals surface area contributed by atoms with Gasteiger partial charge in [-0.05, 0) is 40.0 Å². The van der Waals surface area contributed by atoms with Crippen molar-refractivity contribution in [2.45, 2.75) is 6.42 Å². The van der Waals surface area contributed by atoms with Gasteiger partial charge >= 0.3 is 0 Å². The Balaban J connectivity index is 2.76. The number of aryl methyl sites for hydroxylation is 1. The molecule has 1 aromatic rings. The zero-order chi connectivity index (χ0) is 11.5. The van der Waals surface area contributed by atoms with Crippen molar-refractivity contribution in [2.75, 3.05) is 12.9 Å². The third-order valence-electron chi connectivity index (χ3n) is 1.85. The van der Waals surface area contributed by atoms with Crippen LogP contribution in [0.3, 0.4) is 0 Å². The Bertz CT molecular complexity index is 445. The van der Waals surface area contributed by atoms with Crippen LogP contribution in [0.25, 0.3) is 0 Å². The van der Waals surface area contributed by atoms with Crippen molar-refractivity contribution in [2.24, 2.45) is 0 Å². The Labute approximate surface area is 102 Å². The van der Waals surface area contributed by atoms with E-state index >= 15 is 0 Å². The van der Waals surface area contributed by atoms with E-state index in [1.807, 2.05) is 12.1 Å². The fraction of sp³-hybridized carbons (Fsp3) is 0.333. The van der Waals surface area contributed by atoms with Crippen LogP contribution in [-0.4, -0.2) is 21.3 Å². The van der Waals surface area contributed by atoms with Crippen molar-refractivity contribution in [3.05, 3.63) is 28.2 Å². The number of hydrogen-bond donors (Lipinski definition) is 0. The van der Waals surface area contributed by atoms with E-state index < -0.39 is 9.05 Å². The van der Waals surface area contributed by atoms with Crippen molar-refractivity contribution in [1.29, 1.82) is 0 Å². The minimum atomic E-state index is -3.43. The maximum atomic E-state index is 10.7. The molecule has 0 saturated carbocycles. The van der Waals surface area contributed by atoms with E-state index in [-0.39, 0.29) is 5.75 Å². The maximum Gasteiger partial charge on any atom is 0.232 e. The van der Waals surface area contributed by atoms with Crippen LogP contribution < -0.4 is 4.74 Å². The molecular formula is C9H10BrClO3S. The van der Waals surface area contributed by atoms with E-state index in [0.717, 1.165) is 10.0 Å². The Morgan fingerprint density at radius 3 is 2.60 bits per heavy atom. The summed E-state index contributed by atoms with van der Waals surface area (Å²) in [5, 5.41) is 0. The Hall–Kier alpha value is -0.260. The third kappa shape index (κ3) is 4.40. The van der Waals surface area contributed by atoms with Crippen molar-refractivity contribution >= 4 is 35.7 Å². The van der Waals surface area contributed by atoms with Crippen molar-refractivity contribution in [1.82, 2.24) is 0 Å². The molecule has 84 valence electrons. The van der Waals surface area contributed by atoms with E-state index in [0.29, 0.717) is 12.2 Å². The predicted octanol–water partition coefficient (Wildman–Crippen LogP) is 2.57. The molecule has 0 amide bonds. The first-order valence-electron chi connectivity index (χ1n) is 4.17. The van der Waals surface area contributed by atoms with Gasteiger partial charge in [0.2, 0.25) is 9.05 Å². The molecule has 0 fully saturated rings. The molecule has 1 aromatic carbocycles. The van der Waals surface area contributed by atoms with Crippen LogP contribution in [0.15, 0.2) is 22.7 Å². The van der Waals surface area contributed by atoms with Gasteiger partial charge in [-0.3, -0.25) is 0 Å². The van der Waals surface area contributed by atoms with Crippen molar-refractivity contribution < 1.29 is 13.2 Å². The van der Waals surface area contributed by atoms with Gasteiger partial charge in [0.1, 0.15) is 5.75 Å². The molecule has 0 aliphatic heterocycles. The number of methoxy groups -OCH3 is 1. The summed E-state index contributed by atoms with van der Waals surface area (Å²) in [6.07, 6.45) is 0.397. The molecule has 0 unspecified atom stereocenters. The van der Waals surface area contributed by atoms with Gasteiger partial charge in [0.15, 0.2) is 0 Å². The fourth-order valence-electron chi connectivity index (χ4n) is 1.11. The van der Waals surface area contributed by atoms with Gasteiger partial charge < -0.3 is 4.74 Å². The van der Waals surface area contributed by atoms with Crippen LogP contribution in [0.4, 0.5) is 0 Å². The normalized spacial score (nSPS) is 11.4. The Kier molecular flexibility index (Phi) is 4.43. The molecule has 3 nitrogen and oxygen atoms in total. The topological polar surface area (TPSA) is 43.4 Å². The predicted molar refractivity (Wildman–Crippen MR) is 64.0 cm³/mol. The first-order valence-corrected chi connectivity index (χ1v) is 7.44. The average Bonchev–Trinajstić information content (AvgIpc) is 2.14. The summed E-state index contributed by atoms with van der Waals surface area (Å²) < 4.78 is 27.3. The van der Waals surface area contributed by atoms with Crippen molar-refractivity contribution in [3.8, 4) is 5.75 Å². The van der Waals surface area contributed by atoms with Gasteiger partial charge in [-0.1, -0.05) is 6.07 Å². The van der Waals surface area contributed by atoms with Crippen LogP contribution in [0.1, 0.15) is 5.56 Å². The van der Waals surface area contributed by atoms with E-state index in [1.165, 1.54) is 0 Å². The fourth-order valence-corrected chi connectivity index (χ4v) is 2.40. The number of rotatable bonds is 4. The number of ether oxygens (including phenoxy) is 1. The second kappa shape index (κ2) is 5.18. The van der Waals surface area contributed by atoms with Crippen molar-refractivity contribution in [3.63, 3.8) is 0 Å². The van der Waals surface area contributed by atoms with E-state index in [1.54, 1.807) is 13.2 Å². The molecule has 15 heavy (non-hydrogen) atoms. The molecule has 0 saturated heterocycles. The molecule has 0 N–H and O–H groups in total. The molecule has 0 bridgehead atoms. The Morgan fingerprint density at radius 1 is 1.47 bits per heavy atom. The lowest BCUT2D eigenvalue weighted by Crippen LogP contribution is -2.01. The monoisotopic (exact) mass is 312 g/mol. The second-order valence-electron chi connectivity index (χ2n) is 2.96. The highest BCUT2D eigenvalue weighted by atomic mass is 79.9. The van der Waals surface area contributed by atoms with Gasteiger partial charge in [-0.25, -0.2) is 8.42 Å². The van der Waals surface area contributed by atoms with Crippen LogP contribution in [0.2, 0.25) is 0 Å². The SMILES string of the molecule is COc1ccc(CCS(=O)(=O)Cl)cc1Br. The van der Waals surface area contributed by atoms with Crippen LogP contribution in [0.5, 0.6) is 5.75 Å². The zero-order valence-electron chi connectivity index (χ0n) is 8.04. The molecule has 1 rings (SSSR count). The highest BCUT2D eigenvalue weighted by Crippen LogP contribution is 2.25. The molecule has 0 aliphatic rings. The third-order valence-corrected chi connectivity index (χ3v) is 3.63. The molecule has 6 heteroatoms. The van der Waals surface area contributed by atoms with Crippen LogP contribution in [0, 0.1) is 0 Å². The molecule has 0 radical (unpaired) electrons. The number of halogens is 2. The molecular weight excluding hydrogens is 304 g/mol. The van der Waals surface area contributed by atoms with E-state index in [9.17, 15) is 8.42 Å². The lowest BCUT2D eigenvalue weighted by molar-refractivity contribution is 0.412. The summed E-state index contributed by atoms with van der Waals surface area (Å²) in [5.41, 5.74) is 0.895. The summed E-state index contributed by atoms with van der Waals surface area (Å²) in [7, 11) is 3.26. The van der Waals surface area contributed by atoms with Gasteiger partial charge in [0, 0.05) is 10.7 Å². The van der Waals surface area contributed by atoms with Crippen LogP contribution >= 0.6 is 26.6 Å². The second-order valence-corrected chi connectivity index (χ2v) is 6.71. The van der Waals surface area contributed by atoms with Crippen LogP contribution in [-0.2, 0) is 15.5 Å². The number of hydrogen-bond acceptors (Lipinski definition) is 3. The standard InChI is InChI=1S/C9H10BrClO3S/c1-14-9-3-2-7(6-8(9)10)4-5-15(11,12)13/h2-3,6H,4-5H2,1H3. The molecule has 0 atom stereocenters. The summed E-state index contributed by atoms with van der Waals surface area (Å²) in [6, 6.07) is 5.41. The summed E-state index contributed by atoms with van der Waals surface area (Å²) >= 11 is 3.32. The summed E-state index contributed by atoms with van der Waals surface area (Å²) in [5.74, 6) is 0.653. The maximum absolute atomic E-state index is 10.7. The lowest BCUT2D eigenvalue weighted by atomic mass is 10.2. The zero-order valence-corrected chi connectivity index (χ0v) is 11.2. The molecule has 0 aliphatic carbocycles. The van der Waals surface area contributed by atoms with Gasteiger partial charge in [0.25, 0.3) is 0 Å². The first-order chi connectivity index (χ1) is 6.92. The first kappa shape index (κ1) is 12.8.